The highest BCUT2D eigenvalue weighted by atomic mass is 16.6. The predicted molar refractivity (Wildman–Crippen MR) is 67.8 cm³/mol. The maximum Gasteiger partial charge on any atom is 0.304 e. The van der Waals surface area contributed by atoms with Crippen molar-refractivity contribution in [3.05, 3.63) is 23.8 Å². The van der Waals surface area contributed by atoms with Gasteiger partial charge >= 0.3 is 5.97 Å². The van der Waals surface area contributed by atoms with Crippen molar-refractivity contribution in [1.82, 2.24) is 0 Å². The molecule has 0 spiro atoms. The Balaban J connectivity index is 2.26. The number of benzene rings is 1. The average Bonchev–Trinajstić information content (AvgIpc) is 2.35. The lowest BCUT2D eigenvalue weighted by Gasteiger charge is -2.23. The topological polar surface area (TPSA) is 72.8 Å². The van der Waals surface area contributed by atoms with E-state index in [1.165, 1.54) is 0 Å². The van der Waals surface area contributed by atoms with Gasteiger partial charge in [-0.2, -0.15) is 0 Å². The summed E-state index contributed by atoms with van der Waals surface area (Å²) in [7, 11) is 0. The zero-order chi connectivity index (χ0) is 14.0. The number of aliphatic carboxylic acids is 1. The van der Waals surface area contributed by atoms with Crippen LogP contribution in [0.25, 0.3) is 0 Å². The molecule has 0 fully saturated rings. The zero-order valence-electron chi connectivity index (χ0n) is 10.9. The van der Waals surface area contributed by atoms with Crippen LogP contribution in [-0.4, -0.2) is 30.1 Å². The van der Waals surface area contributed by atoms with E-state index in [0.29, 0.717) is 30.3 Å². The maximum absolute atomic E-state index is 12.3. The first-order valence-corrected chi connectivity index (χ1v) is 6.06. The molecule has 1 heterocycles. The Morgan fingerprint density at radius 2 is 1.84 bits per heavy atom. The minimum absolute atomic E-state index is 0.208. The number of ketones is 1. The van der Waals surface area contributed by atoms with Gasteiger partial charge in [0.1, 0.15) is 13.2 Å². The molecule has 0 aliphatic carbocycles. The number of carboxylic acid groups (broad SMARTS) is 1. The molecule has 102 valence electrons. The Hall–Kier alpha value is -2.04. The molecule has 0 radical (unpaired) electrons. The van der Waals surface area contributed by atoms with Crippen molar-refractivity contribution in [1.29, 1.82) is 0 Å². The molecule has 0 amide bonds. The van der Waals surface area contributed by atoms with E-state index in [9.17, 15) is 9.59 Å². The molecular weight excluding hydrogens is 248 g/mol. The van der Waals surface area contributed by atoms with Crippen molar-refractivity contribution >= 4 is 11.8 Å². The molecule has 0 unspecified atom stereocenters. The van der Waals surface area contributed by atoms with Gasteiger partial charge in [0.25, 0.3) is 0 Å². The van der Waals surface area contributed by atoms with Gasteiger partial charge in [-0.3, -0.25) is 9.59 Å². The average molecular weight is 264 g/mol. The second kappa shape index (κ2) is 4.91. The molecular formula is C14H16O5. The van der Waals surface area contributed by atoms with E-state index in [1.807, 2.05) is 0 Å². The van der Waals surface area contributed by atoms with E-state index < -0.39 is 11.4 Å². The Morgan fingerprint density at radius 3 is 2.47 bits per heavy atom. The summed E-state index contributed by atoms with van der Waals surface area (Å²) in [6.45, 7) is 4.19. The van der Waals surface area contributed by atoms with Crippen LogP contribution in [0.3, 0.4) is 0 Å². The maximum atomic E-state index is 12.3. The van der Waals surface area contributed by atoms with Crippen LogP contribution >= 0.6 is 0 Å². The minimum Gasteiger partial charge on any atom is -0.486 e. The molecule has 0 saturated heterocycles. The van der Waals surface area contributed by atoms with Gasteiger partial charge in [0, 0.05) is 11.0 Å². The monoisotopic (exact) mass is 264 g/mol. The molecule has 1 aliphatic rings. The van der Waals surface area contributed by atoms with Crippen LogP contribution < -0.4 is 9.47 Å². The number of fused-ring (bicyclic) bond motifs is 1. The van der Waals surface area contributed by atoms with Crippen LogP contribution in [0.15, 0.2) is 18.2 Å². The lowest BCUT2D eigenvalue weighted by Crippen LogP contribution is -2.27. The van der Waals surface area contributed by atoms with E-state index in [4.69, 9.17) is 14.6 Å². The largest absolute Gasteiger partial charge is 0.486 e. The summed E-state index contributed by atoms with van der Waals surface area (Å²) in [5.74, 6) is -0.0650. The quantitative estimate of drug-likeness (QED) is 0.843. The molecule has 2 rings (SSSR count). The van der Waals surface area contributed by atoms with Gasteiger partial charge in [0.15, 0.2) is 17.3 Å². The summed E-state index contributed by atoms with van der Waals surface area (Å²) in [6, 6.07) is 4.93. The van der Waals surface area contributed by atoms with Gasteiger partial charge in [-0.25, -0.2) is 0 Å². The number of ether oxygens (including phenoxy) is 2. The van der Waals surface area contributed by atoms with Crippen LogP contribution in [0.2, 0.25) is 0 Å². The van der Waals surface area contributed by atoms with Crippen molar-refractivity contribution in [3.8, 4) is 11.5 Å². The normalized spacial score (nSPS) is 14.0. The first-order valence-electron chi connectivity index (χ1n) is 6.06. The lowest BCUT2D eigenvalue weighted by atomic mass is 9.81. The summed E-state index contributed by atoms with van der Waals surface area (Å²) < 4.78 is 10.8. The fourth-order valence-corrected chi connectivity index (χ4v) is 2.03. The number of rotatable bonds is 4. The molecule has 0 saturated carbocycles. The summed E-state index contributed by atoms with van der Waals surface area (Å²) >= 11 is 0. The third kappa shape index (κ3) is 2.86. The smallest absolute Gasteiger partial charge is 0.304 e. The van der Waals surface area contributed by atoms with Crippen molar-refractivity contribution in [2.24, 2.45) is 5.41 Å². The van der Waals surface area contributed by atoms with Crippen LogP contribution in [0.1, 0.15) is 30.6 Å². The Kier molecular flexibility index (Phi) is 3.46. The van der Waals surface area contributed by atoms with E-state index >= 15 is 0 Å². The molecule has 0 bridgehead atoms. The fourth-order valence-electron chi connectivity index (χ4n) is 2.03. The molecule has 0 atom stereocenters. The SMILES string of the molecule is CC(C)(CC(=O)O)C(=O)c1ccc2c(c1)OCCO2. The Bertz CT molecular complexity index is 519. The van der Waals surface area contributed by atoms with Gasteiger partial charge in [0.2, 0.25) is 0 Å². The highest BCUT2D eigenvalue weighted by molar-refractivity contribution is 6.02. The van der Waals surface area contributed by atoms with E-state index in [-0.39, 0.29) is 12.2 Å². The Labute approximate surface area is 111 Å². The molecule has 1 aromatic carbocycles. The fraction of sp³-hybridized carbons (Fsp3) is 0.429. The molecule has 1 aliphatic heterocycles. The number of carbonyl (C=O) groups is 2. The lowest BCUT2D eigenvalue weighted by molar-refractivity contribution is -0.138. The number of carboxylic acids is 1. The van der Waals surface area contributed by atoms with Crippen molar-refractivity contribution in [2.45, 2.75) is 20.3 Å². The number of hydrogen-bond acceptors (Lipinski definition) is 4. The van der Waals surface area contributed by atoms with Gasteiger partial charge < -0.3 is 14.6 Å². The highest BCUT2D eigenvalue weighted by Gasteiger charge is 2.32. The van der Waals surface area contributed by atoms with Gasteiger partial charge in [-0.1, -0.05) is 13.8 Å². The van der Waals surface area contributed by atoms with Crippen LogP contribution in [-0.2, 0) is 4.79 Å². The van der Waals surface area contributed by atoms with Crippen molar-refractivity contribution in [2.75, 3.05) is 13.2 Å². The third-order valence-corrected chi connectivity index (χ3v) is 3.01. The Morgan fingerprint density at radius 1 is 1.21 bits per heavy atom. The number of carbonyl (C=O) groups excluding carboxylic acids is 1. The van der Waals surface area contributed by atoms with E-state index in [2.05, 4.69) is 0 Å². The van der Waals surface area contributed by atoms with Gasteiger partial charge in [-0.05, 0) is 18.2 Å². The van der Waals surface area contributed by atoms with Crippen LogP contribution in [0.4, 0.5) is 0 Å². The van der Waals surface area contributed by atoms with Crippen molar-refractivity contribution in [3.63, 3.8) is 0 Å². The minimum atomic E-state index is -0.990. The number of Topliss-reactive ketones (excluding diaryl/α,β-unsaturated/α-hetero) is 1. The molecule has 5 heteroatoms. The van der Waals surface area contributed by atoms with Crippen LogP contribution in [0, 0.1) is 5.41 Å². The second-order valence-electron chi connectivity index (χ2n) is 5.14. The molecule has 5 nitrogen and oxygen atoms in total. The summed E-state index contributed by atoms with van der Waals surface area (Å²) in [5, 5.41) is 8.84. The molecule has 1 aromatic rings. The summed E-state index contributed by atoms with van der Waals surface area (Å²) in [5.41, 5.74) is -0.509. The van der Waals surface area contributed by atoms with Crippen molar-refractivity contribution < 1.29 is 24.2 Å². The van der Waals surface area contributed by atoms with E-state index in [1.54, 1.807) is 32.0 Å². The number of hydrogen-bond donors (Lipinski definition) is 1. The molecule has 0 aromatic heterocycles. The summed E-state index contributed by atoms with van der Waals surface area (Å²) in [6.07, 6.45) is -0.208. The molecule has 1 N–H and O–H groups in total. The molecule has 19 heavy (non-hydrogen) atoms. The van der Waals surface area contributed by atoms with Gasteiger partial charge in [-0.15, -0.1) is 0 Å². The first-order chi connectivity index (χ1) is 8.90. The second-order valence-corrected chi connectivity index (χ2v) is 5.14. The van der Waals surface area contributed by atoms with Crippen LogP contribution in [0.5, 0.6) is 11.5 Å². The third-order valence-electron chi connectivity index (χ3n) is 3.01. The zero-order valence-corrected chi connectivity index (χ0v) is 10.9. The highest BCUT2D eigenvalue weighted by Crippen LogP contribution is 2.34. The predicted octanol–water partition coefficient (Wildman–Crippen LogP) is 2.14. The van der Waals surface area contributed by atoms with Gasteiger partial charge in [0.05, 0.1) is 6.42 Å². The van der Waals surface area contributed by atoms with E-state index in [0.717, 1.165) is 0 Å². The standard InChI is InChI=1S/C14H16O5/c1-14(2,8-12(15)16)13(17)9-3-4-10-11(7-9)19-6-5-18-10/h3-4,7H,5-6,8H2,1-2H3,(H,15,16). The summed E-state index contributed by atoms with van der Waals surface area (Å²) in [4.78, 5) is 23.1. The first kappa shape index (κ1) is 13.4.